The van der Waals surface area contributed by atoms with Gasteiger partial charge in [-0.2, -0.15) is 0 Å². The second-order valence-corrected chi connectivity index (χ2v) is 5.69. The van der Waals surface area contributed by atoms with Crippen LogP contribution in [0, 0.1) is 0 Å². The highest BCUT2D eigenvalue weighted by Gasteiger charge is 2.40. The molecule has 0 aromatic heterocycles. The zero-order valence-corrected chi connectivity index (χ0v) is 10.7. The van der Waals surface area contributed by atoms with Gasteiger partial charge in [-0.3, -0.25) is 10.1 Å². The summed E-state index contributed by atoms with van der Waals surface area (Å²) in [7, 11) is 2.10. The molecule has 17 heavy (non-hydrogen) atoms. The van der Waals surface area contributed by atoms with Crippen LogP contribution in [0.15, 0.2) is 0 Å². The Morgan fingerprint density at radius 3 is 2.41 bits per heavy atom. The van der Waals surface area contributed by atoms with Gasteiger partial charge in [0.25, 0.3) is 0 Å². The lowest BCUT2D eigenvalue weighted by atomic mass is 9.89. The molecular formula is C13H24N2O2. The third-order valence-electron chi connectivity index (χ3n) is 4.24. The Balaban J connectivity index is 2.02. The smallest absolute Gasteiger partial charge is 0.323 e. The number of likely N-dealkylation sites (tertiary alicyclic amines) is 1. The van der Waals surface area contributed by atoms with Crippen LogP contribution in [0.3, 0.4) is 0 Å². The maximum Gasteiger partial charge on any atom is 0.323 e. The molecule has 1 heterocycles. The van der Waals surface area contributed by atoms with E-state index in [-0.39, 0.29) is 0 Å². The monoisotopic (exact) mass is 240 g/mol. The summed E-state index contributed by atoms with van der Waals surface area (Å²) in [6.45, 7) is 2.06. The summed E-state index contributed by atoms with van der Waals surface area (Å²) < 4.78 is 0. The first kappa shape index (κ1) is 12.8. The van der Waals surface area contributed by atoms with Crippen molar-refractivity contribution in [1.82, 2.24) is 10.2 Å². The third-order valence-corrected chi connectivity index (χ3v) is 4.24. The van der Waals surface area contributed by atoms with E-state index in [0.717, 1.165) is 45.2 Å². The van der Waals surface area contributed by atoms with Gasteiger partial charge in [-0.15, -0.1) is 0 Å². The molecule has 0 bridgehead atoms. The van der Waals surface area contributed by atoms with Crippen molar-refractivity contribution in [1.29, 1.82) is 0 Å². The average Bonchev–Trinajstić information content (AvgIpc) is 2.54. The quantitative estimate of drug-likeness (QED) is 0.733. The number of hydrogen-bond donors (Lipinski definition) is 2. The van der Waals surface area contributed by atoms with E-state index in [1.807, 2.05) is 0 Å². The highest BCUT2D eigenvalue weighted by Crippen LogP contribution is 2.29. The molecule has 1 atom stereocenters. The van der Waals surface area contributed by atoms with E-state index in [1.165, 1.54) is 12.8 Å². The number of aliphatic carboxylic acids is 1. The van der Waals surface area contributed by atoms with Crippen molar-refractivity contribution < 1.29 is 9.90 Å². The fourth-order valence-corrected chi connectivity index (χ4v) is 3.20. The van der Waals surface area contributed by atoms with Crippen molar-refractivity contribution in [3.05, 3.63) is 0 Å². The fourth-order valence-electron chi connectivity index (χ4n) is 3.20. The lowest BCUT2D eigenvalue weighted by molar-refractivity contribution is -0.146. The molecule has 0 amide bonds. The Labute approximate surface area is 103 Å². The van der Waals surface area contributed by atoms with E-state index in [9.17, 15) is 9.90 Å². The number of likely N-dealkylation sites (N-methyl/N-ethyl adjacent to an activating group) is 1. The van der Waals surface area contributed by atoms with E-state index in [2.05, 4.69) is 17.3 Å². The van der Waals surface area contributed by atoms with E-state index in [4.69, 9.17) is 0 Å². The maximum absolute atomic E-state index is 11.6. The van der Waals surface area contributed by atoms with Crippen LogP contribution in [0.1, 0.15) is 44.9 Å². The summed E-state index contributed by atoms with van der Waals surface area (Å²) in [6.07, 6.45) is 7.11. The zero-order chi connectivity index (χ0) is 12.3. The van der Waals surface area contributed by atoms with Crippen LogP contribution >= 0.6 is 0 Å². The normalized spacial score (nSPS) is 30.1. The molecule has 98 valence electrons. The number of rotatable bonds is 3. The number of carboxylic acid groups (broad SMARTS) is 1. The summed E-state index contributed by atoms with van der Waals surface area (Å²) >= 11 is 0. The van der Waals surface area contributed by atoms with Crippen molar-refractivity contribution in [3.63, 3.8) is 0 Å². The molecule has 0 aromatic rings. The minimum atomic E-state index is -0.646. The van der Waals surface area contributed by atoms with Gasteiger partial charge in [0.2, 0.25) is 0 Å². The predicted octanol–water partition coefficient (Wildman–Crippen LogP) is 1.46. The molecule has 2 rings (SSSR count). The van der Waals surface area contributed by atoms with Crippen molar-refractivity contribution in [2.45, 2.75) is 56.5 Å². The molecule has 2 fully saturated rings. The van der Waals surface area contributed by atoms with Crippen molar-refractivity contribution in [2.75, 3.05) is 20.1 Å². The van der Waals surface area contributed by atoms with Crippen LogP contribution in [-0.4, -0.2) is 47.7 Å². The van der Waals surface area contributed by atoms with Gasteiger partial charge in [-0.05, 0) is 32.9 Å². The fraction of sp³-hybridized carbons (Fsp3) is 0.923. The molecule has 2 N–H and O–H groups in total. The molecule has 1 saturated carbocycles. The van der Waals surface area contributed by atoms with Crippen LogP contribution in [0.4, 0.5) is 0 Å². The summed E-state index contributed by atoms with van der Waals surface area (Å²) in [5, 5.41) is 13.0. The Bertz CT molecular complexity index is 273. The Morgan fingerprint density at radius 1 is 1.29 bits per heavy atom. The topological polar surface area (TPSA) is 52.6 Å². The number of carboxylic acids is 1. The molecule has 4 nitrogen and oxygen atoms in total. The molecule has 1 unspecified atom stereocenters. The minimum Gasteiger partial charge on any atom is -0.480 e. The van der Waals surface area contributed by atoms with Crippen LogP contribution < -0.4 is 5.32 Å². The summed E-state index contributed by atoms with van der Waals surface area (Å²) in [5.41, 5.74) is -0.646. The summed E-state index contributed by atoms with van der Waals surface area (Å²) in [5.74, 6) is -0.644. The minimum absolute atomic E-state index is 0.356. The Hall–Kier alpha value is -0.610. The van der Waals surface area contributed by atoms with Crippen molar-refractivity contribution in [2.24, 2.45) is 0 Å². The first-order valence-corrected chi connectivity index (χ1v) is 6.82. The standard InChI is InChI=1S/C13H24N2O2/c1-15-9-6-11(10-15)14-13(12(16)17)7-4-2-3-5-8-13/h11,14H,2-10H2,1H3,(H,16,17). The van der Waals surface area contributed by atoms with E-state index < -0.39 is 11.5 Å². The largest absolute Gasteiger partial charge is 0.480 e. The van der Waals surface area contributed by atoms with Crippen molar-refractivity contribution >= 4 is 5.97 Å². The highest BCUT2D eigenvalue weighted by molar-refractivity contribution is 5.78. The molecule has 0 spiro atoms. The van der Waals surface area contributed by atoms with Gasteiger partial charge in [0.15, 0.2) is 0 Å². The molecule has 0 aromatic carbocycles. The third kappa shape index (κ3) is 2.99. The maximum atomic E-state index is 11.6. The van der Waals surface area contributed by atoms with Crippen LogP contribution in [0.2, 0.25) is 0 Å². The number of nitrogens with zero attached hydrogens (tertiary/aromatic N) is 1. The van der Waals surface area contributed by atoms with Gasteiger partial charge in [0.05, 0.1) is 0 Å². The van der Waals surface area contributed by atoms with Gasteiger partial charge in [-0.25, -0.2) is 0 Å². The van der Waals surface area contributed by atoms with E-state index in [1.54, 1.807) is 0 Å². The predicted molar refractivity (Wildman–Crippen MR) is 67.1 cm³/mol. The average molecular weight is 240 g/mol. The second kappa shape index (κ2) is 5.36. The Kier molecular flexibility index (Phi) is 4.05. The first-order valence-electron chi connectivity index (χ1n) is 6.82. The molecule has 1 saturated heterocycles. The van der Waals surface area contributed by atoms with Gasteiger partial charge >= 0.3 is 5.97 Å². The van der Waals surface area contributed by atoms with Gasteiger partial charge in [-0.1, -0.05) is 25.7 Å². The SMILES string of the molecule is CN1CCC(NC2(C(=O)O)CCCCCC2)C1. The van der Waals surface area contributed by atoms with E-state index >= 15 is 0 Å². The lowest BCUT2D eigenvalue weighted by Crippen LogP contribution is -2.56. The van der Waals surface area contributed by atoms with Gasteiger partial charge in [0, 0.05) is 12.6 Å². The highest BCUT2D eigenvalue weighted by atomic mass is 16.4. The molecular weight excluding hydrogens is 216 g/mol. The Morgan fingerprint density at radius 2 is 1.94 bits per heavy atom. The van der Waals surface area contributed by atoms with E-state index in [0.29, 0.717) is 6.04 Å². The summed E-state index contributed by atoms with van der Waals surface area (Å²) in [4.78, 5) is 13.9. The van der Waals surface area contributed by atoms with Gasteiger partial charge in [0.1, 0.15) is 5.54 Å². The first-order chi connectivity index (χ1) is 8.12. The molecule has 4 heteroatoms. The number of hydrogen-bond acceptors (Lipinski definition) is 3. The lowest BCUT2D eigenvalue weighted by Gasteiger charge is -2.32. The second-order valence-electron chi connectivity index (χ2n) is 5.69. The number of carbonyl (C=O) groups is 1. The molecule has 0 radical (unpaired) electrons. The van der Waals surface area contributed by atoms with Crippen LogP contribution in [-0.2, 0) is 4.79 Å². The van der Waals surface area contributed by atoms with Gasteiger partial charge < -0.3 is 10.0 Å². The molecule has 1 aliphatic carbocycles. The van der Waals surface area contributed by atoms with Crippen LogP contribution in [0.25, 0.3) is 0 Å². The molecule has 2 aliphatic rings. The van der Waals surface area contributed by atoms with Crippen LogP contribution in [0.5, 0.6) is 0 Å². The summed E-state index contributed by atoms with van der Waals surface area (Å²) in [6, 6.07) is 0.356. The zero-order valence-electron chi connectivity index (χ0n) is 10.7. The molecule has 1 aliphatic heterocycles. The van der Waals surface area contributed by atoms with Crippen molar-refractivity contribution in [3.8, 4) is 0 Å². The number of nitrogens with one attached hydrogen (secondary N) is 1.